The molecule has 0 spiro atoms. The van der Waals surface area contributed by atoms with Gasteiger partial charge < -0.3 is 10.2 Å². The number of sulfonamides is 1. The molecule has 2 heterocycles. The first-order valence-electron chi connectivity index (χ1n) is 11.6. The lowest BCUT2D eigenvalue weighted by Gasteiger charge is -2.35. The van der Waals surface area contributed by atoms with Gasteiger partial charge in [-0.3, -0.25) is 4.79 Å². The molecule has 1 N–H and O–H groups in total. The predicted octanol–water partition coefficient (Wildman–Crippen LogP) is 3.14. The quantitative estimate of drug-likeness (QED) is 0.583. The van der Waals surface area contributed by atoms with Crippen LogP contribution in [0.2, 0.25) is 0 Å². The summed E-state index contributed by atoms with van der Waals surface area (Å²) in [4.78, 5) is 15.1. The Balaban J connectivity index is 1.37. The summed E-state index contributed by atoms with van der Waals surface area (Å²) in [5, 5.41) is 3.05. The average molecular weight is 454 g/mol. The number of nitrogens with zero attached hydrogens (tertiary/aromatic N) is 2. The number of nitrogens with one attached hydrogen (secondary N) is 1. The smallest absolute Gasteiger partial charge is 0.223 e. The van der Waals surface area contributed by atoms with Crippen LogP contribution in [0.15, 0.2) is 24.3 Å². The minimum atomic E-state index is -3.47. The van der Waals surface area contributed by atoms with Gasteiger partial charge in [0.25, 0.3) is 0 Å². The normalized spacial score (nSPS) is 21.8. The molecule has 3 rings (SSSR count). The van der Waals surface area contributed by atoms with Crippen LogP contribution in [0.3, 0.4) is 0 Å². The summed E-state index contributed by atoms with van der Waals surface area (Å²) in [6.45, 7) is 5.82. The van der Waals surface area contributed by atoms with E-state index in [-0.39, 0.29) is 23.4 Å². The summed E-state index contributed by atoms with van der Waals surface area (Å²) in [6, 6.07) is 6.23. The van der Waals surface area contributed by atoms with E-state index in [2.05, 4.69) is 17.1 Å². The molecule has 31 heavy (non-hydrogen) atoms. The zero-order valence-corrected chi connectivity index (χ0v) is 19.4. The monoisotopic (exact) mass is 453 g/mol. The molecule has 1 aromatic carbocycles. The highest BCUT2D eigenvalue weighted by atomic mass is 32.2. The predicted molar refractivity (Wildman–Crippen MR) is 120 cm³/mol. The SMILES string of the molecule is CCC1CCCCN1CCCNC(=O)C1CCN(S(=O)(=O)Cc2ccc(F)cc2)CC1. The molecule has 1 amide bonds. The van der Waals surface area contributed by atoms with Crippen LogP contribution in [0.1, 0.15) is 57.4 Å². The lowest BCUT2D eigenvalue weighted by atomic mass is 9.97. The zero-order chi connectivity index (χ0) is 22.3. The molecule has 0 radical (unpaired) electrons. The number of amides is 1. The molecule has 0 aliphatic carbocycles. The van der Waals surface area contributed by atoms with Gasteiger partial charge in [-0.2, -0.15) is 0 Å². The van der Waals surface area contributed by atoms with E-state index >= 15 is 0 Å². The summed E-state index contributed by atoms with van der Waals surface area (Å²) >= 11 is 0. The third kappa shape index (κ3) is 6.99. The fourth-order valence-corrected chi connectivity index (χ4v) is 6.30. The molecule has 174 valence electrons. The van der Waals surface area contributed by atoms with Gasteiger partial charge in [-0.1, -0.05) is 25.5 Å². The van der Waals surface area contributed by atoms with Gasteiger partial charge >= 0.3 is 0 Å². The van der Waals surface area contributed by atoms with Crippen LogP contribution in [-0.2, 0) is 20.6 Å². The Kier molecular flexibility index (Phi) is 8.86. The van der Waals surface area contributed by atoms with Crippen molar-refractivity contribution in [3.63, 3.8) is 0 Å². The van der Waals surface area contributed by atoms with Crippen molar-refractivity contribution in [1.29, 1.82) is 0 Å². The second kappa shape index (κ2) is 11.4. The zero-order valence-electron chi connectivity index (χ0n) is 18.6. The minimum Gasteiger partial charge on any atom is -0.356 e. The van der Waals surface area contributed by atoms with E-state index in [0.29, 0.717) is 44.1 Å². The molecule has 1 atom stereocenters. The lowest BCUT2D eigenvalue weighted by molar-refractivity contribution is -0.126. The summed E-state index contributed by atoms with van der Waals surface area (Å²) in [5.41, 5.74) is 0.570. The molecule has 2 aliphatic rings. The number of hydrogen-bond donors (Lipinski definition) is 1. The van der Waals surface area contributed by atoms with Crippen molar-refractivity contribution in [3.05, 3.63) is 35.6 Å². The van der Waals surface area contributed by atoms with E-state index in [0.717, 1.165) is 19.5 Å². The van der Waals surface area contributed by atoms with Gasteiger partial charge in [0.2, 0.25) is 15.9 Å². The Labute approximate surface area is 186 Å². The summed E-state index contributed by atoms with van der Waals surface area (Å²) in [5.74, 6) is -0.606. The van der Waals surface area contributed by atoms with Gasteiger partial charge in [-0.25, -0.2) is 17.1 Å². The van der Waals surface area contributed by atoms with Crippen LogP contribution in [0.25, 0.3) is 0 Å². The molecule has 2 saturated heterocycles. The lowest BCUT2D eigenvalue weighted by Crippen LogP contribution is -2.44. The number of carbonyl (C=O) groups excluding carboxylic acids is 1. The number of likely N-dealkylation sites (tertiary alicyclic amines) is 1. The van der Waals surface area contributed by atoms with Crippen molar-refractivity contribution in [1.82, 2.24) is 14.5 Å². The standard InChI is InChI=1S/C23H36FN3O3S/c1-2-22-6-3-4-14-26(22)15-5-13-25-23(28)20-11-16-27(17-12-20)31(29,30)18-19-7-9-21(24)10-8-19/h7-10,20,22H,2-6,11-18H2,1H3,(H,25,28). The molecule has 1 aromatic rings. The third-order valence-corrected chi connectivity index (χ3v) is 8.47. The number of halogens is 1. The second-order valence-corrected chi connectivity index (χ2v) is 10.8. The molecule has 1 unspecified atom stereocenters. The first-order valence-corrected chi connectivity index (χ1v) is 13.2. The van der Waals surface area contributed by atoms with Crippen molar-refractivity contribution in [3.8, 4) is 0 Å². The van der Waals surface area contributed by atoms with Gasteiger partial charge in [0, 0.05) is 38.1 Å². The molecule has 8 heteroatoms. The number of hydrogen-bond acceptors (Lipinski definition) is 4. The second-order valence-electron chi connectivity index (χ2n) is 8.79. The van der Waals surface area contributed by atoms with Crippen LogP contribution in [0.4, 0.5) is 4.39 Å². The van der Waals surface area contributed by atoms with E-state index in [1.807, 2.05) is 0 Å². The van der Waals surface area contributed by atoms with Gasteiger partial charge in [0.15, 0.2) is 0 Å². The molecular formula is C23H36FN3O3S. The maximum Gasteiger partial charge on any atom is 0.223 e. The molecule has 2 fully saturated rings. The van der Waals surface area contributed by atoms with E-state index in [4.69, 9.17) is 0 Å². The molecule has 0 bridgehead atoms. The highest BCUT2D eigenvalue weighted by Gasteiger charge is 2.31. The Hall–Kier alpha value is -1.51. The molecule has 0 saturated carbocycles. The van der Waals surface area contributed by atoms with E-state index < -0.39 is 10.0 Å². The molecule has 6 nitrogen and oxygen atoms in total. The van der Waals surface area contributed by atoms with Gasteiger partial charge in [0.1, 0.15) is 5.82 Å². The van der Waals surface area contributed by atoms with Crippen LogP contribution in [0.5, 0.6) is 0 Å². The Bertz CT molecular complexity index is 808. The molecular weight excluding hydrogens is 417 g/mol. The largest absolute Gasteiger partial charge is 0.356 e. The fourth-order valence-electron chi connectivity index (χ4n) is 4.73. The number of rotatable bonds is 9. The van der Waals surface area contributed by atoms with Crippen molar-refractivity contribution in [2.75, 3.05) is 32.7 Å². The Morgan fingerprint density at radius 3 is 2.48 bits per heavy atom. The summed E-state index contributed by atoms with van der Waals surface area (Å²) in [6.07, 6.45) is 7.10. The molecule has 2 aliphatic heterocycles. The van der Waals surface area contributed by atoms with Crippen molar-refractivity contribution >= 4 is 15.9 Å². The first-order chi connectivity index (χ1) is 14.9. The van der Waals surface area contributed by atoms with Crippen LogP contribution in [0, 0.1) is 11.7 Å². The van der Waals surface area contributed by atoms with E-state index in [1.165, 1.54) is 54.3 Å². The summed E-state index contributed by atoms with van der Waals surface area (Å²) in [7, 11) is -3.47. The maximum absolute atomic E-state index is 13.0. The molecule has 0 aromatic heterocycles. The number of carbonyl (C=O) groups is 1. The Morgan fingerprint density at radius 1 is 1.10 bits per heavy atom. The first kappa shape index (κ1) is 24.1. The maximum atomic E-state index is 13.0. The van der Waals surface area contributed by atoms with Crippen molar-refractivity contribution in [2.24, 2.45) is 5.92 Å². The van der Waals surface area contributed by atoms with Crippen LogP contribution < -0.4 is 5.32 Å². The van der Waals surface area contributed by atoms with Crippen molar-refractivity contribution in [2.45, 2.75) is 63.7 Å². The van der Waals surface area contributed by atoms with Gasteiger partial charge in [-0.15, -0.1) is 0 Å². The van der Waals surface area contributed by atoms with Crippen molar-refractivity contribution < 1.29 is 17.6 Å². The number of piperidine rings is 2. The minimum absolute atomic E-state index is 0.0428. The average Bonchev–Trinajstić information content (AvgIpc) is 2.78. The van der Waals surface area contributed by atoms with E-state index in [1.54, 1.807) is 0 Å². The van der Waals surface area contributed by atoms with E-state index in [9.17, 15) is 17.6 Å². The van der Waals surface area contributed by atoms with Crippen LogP contribution >= 0.6 is 0 Å². The number of benzene rings is 1. The summed E-state index contributed by atoms with van der Waals surface area (Å²) < 4.78 is 39.8. The highest BCUT2D eigenvalue weighted by Crippen LogP contribution is 2.22. The highest BCUT2D eigenvalue weighted by molar-refractivity contribution is 7.88. The van der Waals surface area contributed by atoms with Gasteiger partial charge in [0.05, 0.1) is 5.75 Å². The third-order valence-electron chi connectivity index (χ3n) is 6.62. The van der Waals surface area contributed by atoms with Gasteiger partial charge in [-0.05, 0) is 62.8 Å². The topological polar surface area (TPSA) is 69.7 Å². The fraction of sp³-hybridized carbons (Fsp3) is 0.696. The van der Waals surface area contributed by atoms with Crippen LogP contribution in [-0.4, -0.2) is 62.3 Å². The Morgan fingerprint density at radius 2 is 1.81 bits per heavy atom.